The van der Waals surface area contributed by atoms with E-state index >= 15 is 0 Å². The second-order valence-electron chi connectivity index (χ2n) is 7.68. The van der Waals surface area contributed by atoms with E-state index in [4.69, 9.17) is 9.84 Å². The smallest absolute Gasteiger partial charge is 0.138 e. The summed E-state index contributed by atoms with van der Waals surface area (Å²) >= 11 is 0. The highest BCUT2D eigenvalue weighted by Crippen LogP contribution is 2.41. The van der Waals surface area contributed by atoms with Crippen molar-refractivity contribution >= 4 is 0 Å². The van der Waals surface area contributed by atoms with E-state index in [1.54, 1.807) is 7.11 Å². The highest BCUT2D eigenvalue weighted by Gasteiger charge is 2.39. The van der Waals surface area contributed by atoms with E-state index in [1.165, 1.54) is 0 Å². The molecule has 0 aliphatic rings. The first kappa shape index (κ1) is 19.8. The second-order valence-corrected chi connectivity index (χ2v) is 7.68. The van der Waals surface area contributed by atoms with Crippen molar-refractivity contribution in [1.82, 2.24) is 9.78 Å². The molecule has 0 saturated carbocycles. The Morgan fingerprint density at radius 2 is 1.09 bits per heavy atom. The molecule has 3 heteroatoms. The lowest BCUT2D eigenvalue weighted by atomic mass is 9.77. The van der Waals surface area contributed by atoms with Crippen molar-refractivity contribution in [2.75, 3.05) is 7.11 Å². The third-order valence-corrected chi connectivity index (χ3v) is 5.92. The van der Waals surface area contributed by atoms with Crippen LogP contribution >= 0.6 is 0 Å². The highest BCUT2D eigenvalue weighted by molar-refractivity contribution is 5.69. The Labute approximate surface area is 188 Å². The number of benzene rings is 4. The van der Waals surface area contributed by atoms with Crippen LogP contribution in [0.3, 0.4) is 0 Å². The first-order valence-corrected chi connectivity index (χ1v) is 10.7. The van der Waals surface area contributed by atoms with Gasteiger partial charge in [0.25, 0.3) is 0 Å². The van der Waals surface area contributed by atoms with Crippen molar-refractivity contribution in [2.24, 2.45) is 0 Å². The normalized spacial score (nSPS) is 11.3. The van der Waals surface area contributed by atoms with Gasteiger partial charge >= 0.3 is 0 Å². The maximum atomic E-state index is 5.61. The summed E-state index contributed by atoms with van der Waals surface area (Å²) in [5, 5.41) is 4.93. The third kappa shape index (κ3) is 3.28. The molecule has 5 aromatic rings. The van der Waals surface area contributed by atoms with Crippen LogP contribution in [0.15, 0.2) is 128 Å². The van der Waals surface area contributed by atoms with E-state index in [-0.39, 0.29) is 0 Å². The van der Waals surface area contributed by atoms with E-state index in [2.05, 4.69) is 89.7 Å². The largest absolute Gasteiger partial charge is 0.496 e. The number of hydrogen-bond acceptors (Lipinski definition) is 2. The fraction of sp³-hybridized carbons (Fsp3) is 0.0690. The van der Waals surface area contributed by atoms with E-state index < -0.39 is 5.54 Å². The molecule has 156 valence electrons. The van der Waals surface area contributed by atoms with Gasteiger partial charge in [-0.15, -0.1) is 0 Å². The molecule has 32 heavy (non-hydrogen) atoms. The van der Waals surface area contributed by atoms with Crippen LogP contribution in [0.5, 0.6) is 5.75 Å². The summed E-state index contributed by atoms with van der Waals surface area (Å²) in [5.74, 6) is 0.830. The van der Waals surface area contributed by atoms with Gasteiger partial charge in [0.1, 0.15) is 11.3 Å². The zero-order valence-electron chi connectivity index (χ0n) is 17.9. The first-order valence-electron chi connectivity index (χ1n) is 10.7. The van der Waals surface area contributed by atoms with Crippen LogP contribution in [0.1, 0.15) is 16.7 Å². The quantitative estimate of drug-likeness (QED) is 0.300. The van der Waals surface area contributed by atoms with E-state index in [0.29, 0.717) is 0 Å². The number of methoxy groups -OCH3 is 1. The molecule has 1 heterocycles. The Morgan fingerprint density at radius 3 is 1.59 bits per heavy atom. The van der Waals surface area contributed by atoms with Crippen molar-refractivity contribution in [2.45, 2.75) is 5.54 Å². The van der Waals surface area contributed by atoms with Crippen molar-refractivity contribution in [3.8, 4) is 16.9 Å². The predicted molar refractivity (Wildman–Crippen MR) is 129 cm³/mol. The van der Waals surface area contributed by atoms with Crippen LogP contribution in [-0.2, 0) is 5.54 Å². The van der Waals surface area contributed by atoms with Crippen molar-refractivity contribution < 1.29 is 4.74 Å². The maximum absolute atomic E-state index is 5.61. The lowest BCUT2D eigenvalue weighted by Crippen LogP contribution is -2.38. The van der Waals surface area contributed by atoms with Crippen molar-refractivity contribution in [1.29, 1.82) is 0 Å². The molecule has 0 atom stereocenters. The predicted octanol–water partition coefficient (Wildman–Crippen LogP) is 6.40. The van der Waals surface area contributed by atoms with Crippen LogP contribution < -0.4 is 4.74 Å². The van der Waals surface area contributed by atoms with Gasteiger partial charge in [0.15, 0.2) is 0 Å². The summed E-state index contributed by atoms with van der Waals surface area (Å²) < 4.78 is 7.69. The van der Waals surface area contributed by atoms with Gasteiger partial charge in [0.2, 0.25) is 0 Å². The molecule has 0 aliphatic heterocycles. The average molecular weight is 417 g/mol. The Kier molecular flexibility index (Phi) is 5.30. The van der Waals surface area contributed by atoms with Gasteiger partial charge in [-0.05, 0) is 22.8 Å². The number of nitrogens with zero attached hydrogens (tertiary/aromatic N) is 2. The van der Waals surface area contributed by atoms with Gasteiger partial charge in [-0.3, -0.25) is 4.68 Å². The van der Waals surface area contributed by atoms with E-state index in [9.17, 15) is 0 Å². The Morgan fingerprint density at radius 1 is 0.625 bits per heavy atom. The molecule has 1 aromatic heterocycles. The number of aromatic nitrogens is 2. The molecular weight excluding hydrogens is 392 g/mol. The van der Waals surface area contributed by atoms with Crippen LogP contribution in [0.2, 0.25) is 0 Å². The van der Waals surface area contributed by atoms with Gasteiger partial charge in [0, 0.05) is 17.3 Å². The van der Waals surface area contributed by atoms with Crippen molar-refractivity contribution in [3.05, 3.63) is 144 Å². The van der Waals surface area contributed by atoms with Gasteiger partial charge < -0.3 is 4.74 Å². The fourth-order valence-corrected chi connectivity index (χ4v) is 4.46. The average Bonchev–Trinajstić information content (AvgIpc) is 3.37. The monoisotopic (exact) mass is 416 g/mol. The molecule has 0 saturated heterocycles. The molecule has 0 N–H and O–H groups in total. The molecule has 0 amide bonds. The summed E-state index contributed by atoms with van der Waals surface area (Å²) in [6.45, 7) is 0. The SMILES string of the molecule is COc1ccccc1-c1cnn(C(c2ccccc2)(c2ccccc2)c2ccccc2)c1. The highest BCUT2D eigenvalue weighted by atomic mass is 16.5. The Hall–Kier alpha value is -4.11. The lowest BCUT2D eigenvalue weighted by Gasteiger charge is -2.36. The fourth-order valence-electron chi connectivity index (χ4n) is 4.46. The molecule has 3 nitrogen and oxygen atoms in total. The van der Waals surface area contributed by atoms with Crippen molar-refractivity contribution in [3.63, 3.8) is 0 Å². The van der Waals surface area contributed by atoms with Gasteiger partial charge in [-0.25, -0.2) is 0 Å². The molecule has 5 rings (SSSR count). The molecule has 0 fully saturated rings. The minimum atomic E-state index is -0.621. The van der Waals surface area contributed by atoms with Gasteiger partial charge in [-0.1, -0.05) is 109 Å². The summed E-state index contributed by atoms with van der Waals surface area (Å²) in [7, 11) is 1.70. The molecule has 4 aromatic carbocycles. The standard InChI is InChI=1S/C29H24N2O/c1-32-28-20-12-11-19-27(28)23-21-30-31(22-23)29(24-13-5-2-6-14-24,25-15-7-3-8-16-25)26-17-9-4-10-18-26/h2-22H,1H3. The summed E-state index contributed by atoms with van der Waals surface area (Å²) in [4.78, 5) is 0. The van der Waals surface area contributed by atoms with E-state index in [1.807, 2.05) is 42.6 Å². The Bertz CT molecular complexity index is 1200. The molecule has 0 radical (unpaired) electrons. The molecule has 0 spiro atoms. The van der Waals surface area contributed by atoms with Crippen LogP contribution in [0.25, 0.3) is 11.1 Å². The summed E-state index contributed by atoms with van der Waals surface area (Å²) in [6, 6.07) is 39.7. The zero-order chi connectivity index (χ0) is 21.8. The molecule has 0 aliphatic carbocycles. The van der Waals surface area contributed by atoms with Gasteiger partial charge in [0.05, 0.1) is 13.3 Å². The zero-order valence-corrected chi connectivity index (χ0v) is 17.9. The summed E-state index contributed by atoms with van der Waals surface area (Å²) in [6.07, 6.45) is 4.03. The maximum Gasteiger partial charge on any atom is 0.138 e. The number of rotatable bonds is 6. The summed E-state index contributed by atoms with van der Waals surface area (Å²) in [5.41, 5.74) is 4.84. The van der Waals surface area contributed by atoms with Crippen LogP contribution in [0, 0.1) is 0 Å². The molecular formula is C29H24N2O. The minimum Gasteiger partial charge on any atom is -0.496 e. The Balaban J connectivity index is 1.81. The number of ether oxygens (including phenoxy) is 1. The lowest BCUT2D eigenvalue weighted by molar-refractivity contribution is 0.416. The number of para-hydroxylation sites is 1. The molecule has 0 bridgehead atoms. The second kappa shape index (κ2) is 8.56. The molecule has 0 unspecified atom stereocenters. The van der Waals surface area contributed by atoms with Crippen LogP contribution in [-0.4, -0.2) is 16.9 Å². The number of hydrogen-bond donors (Lipinski definition) is 0. The topological polar surface area (TPSA) is 27.1 Å². The van der Waals surface area contributed by atoms with Crippen LogP contribution in [0.4, 0.5) is 0 Å². The van der Waals surface area contributed by atoms with E-state index in [0.717, 1.165) is 33.6 Å². The third-order valence-electron chi connectivity index (χ3n) is 5.92. The van der Waals surface area contributed by atoms with Gasteiger partial charge in [-0.2, -0.15) is 5.10 Å². The minimum absolute atomic E-state index is 0.621. The first-order chi connectivity index (χ1) is 15.8.